The van der Waals surface area contributed by atoms with Gasteiger partial charge in [0.2, 0.25) is 0 Å². The highest BCUT2D eigenvalue weighted by Crippen LogP contribution is 2.23. The van der Waals surface area contributed by atoms with Crippen LogP contribution in [0.15, 0.2) is 53.6 Å². The molecular weight excluding hydrogens is 338 g/mol. The van der Waals surface area contributed by atoms with E-state index < -0.39 is 0 Å². The van der Waals surface area contributed by atoms with Gasteiger partial charge in [-0.15, -0.1) is 0 Å². The third-order valence-corrected chi connectivity index (χ3v) is 4.90. The molecule has 0 aliphatic carbocycles. The van der Waals surface area contributed by atoms with E-state index >= 15 is 0 Å². The van der Waals surface area contributed by atoms with Gasteiger partial charge in [-0.05, 0) is 68.8 Å². The zero-order valence-corrected chi connectivity index (χ0v) is 16.1. The summed E-state index contributed by atoms with van der Waals surface area (Å²) in [6.45, 7) is 5.04. The summed E-state index contributed by atoms with van der Waals surface area (Å²) in [5.41, 5.74) is 6.13. The van der Waals surface area contributed by atoms with Gasteiger partial charge < -0.3 is 4.74 Å². The van der Waals surface area contributed by atoms with Crippen LogP contribution in [0, 0.1) is 0 Å². The Balaban J connectivity index is 1.72. The largest absolute Gasteiger partial charge is 0.496 e. The number of ether oxygens (including phenoxy) is 1. The first kappa shape index (κ1) is 19.1. The summed E-state index contributed by atoms with van der Waals surface area (Å²) < 4.78 is 5.54. The van der Waals surface area contributed by atoms with Crippen LogP contribution >= 0.6 is 0 Å². The van der Waals surface area contributed by atoms with Crippen LogP contribution in [0.25, 0.3) is 0 Å². The lowest BCUT2D eigenvalue weighted by Gasteiger charge is -2.27. The summed E-state index contributed by atoms with van der Waals surface area (Å²) in [6, 6.07) is 15.2. The van der Waals surface area contributed by atoms with E-state index in [1.54, 1.807) is 19.2 Å². The molecule has 2 aromatic carbocycles. The van der Waals surface area contributed by atoms with E-state index in [0.29, 0.717) is 5.56 Å². The summed E-state index contributed by atoms with van der Waals surface area (Å²) in [6.07, 6.45) is 3.84. The zero-order chi connectivity index (χ0) is 19.1. The number of piperidine rings is 1. The average molecular weight is 365 g/mol. The molecule has 0 spiro atoms. The zero-order valence-electron chi connectivity index (χ0n) is 16.1. The quantitative estimate of drug-likeness (QED) is 0.625. The molecule has 0 atom stereocenters. The Morgan fingerprint density at radius 1 is 1.07 bits per heavy atom. The average Bonchev–Trinajstić information content (AvgIpc) is 2.73. The first-order valence-corrected chi connectivity index (χ1v) is 9.46. The van der Waals surface area contributed by atoms with E-state index in [0.717, 1.165) is 42.2 Å². The van der Waals surface area contributed by atoms with Gasteiger partial charge in [0.05, 0.1) is 12.8 Å². The standard InChI is InChI=1S/C22H27N3O2/c1-17(23-24-22(26)18-9-5-3-6-10-18)19-11-12-21(27-2)20(15-19)16-25-13-7-4-8-14-25/h3,5-6,9-12,15H,4,7-8,13-14,16H2,1-2H3,(H,24,26)/b23-17-. The molecule has 27 heavy (non-hydrogen) atoms. The van der Waals surface area contributed by atoms with Gasteiger partial charge >= 0.3 is 0 Å². The van der Waals surface area contributed by atoms with Crippen molar-refractivity contribution < 1.29 is 9.53 Å². The second kappa shape index (κ2) is 9.33. The lowest BCUT2D eigenvalue weighted by molar-refractivity contribution is 0.0955. The van der Waals surface area contributed by atoms with Crippen molar-refractivity contribution in [3.05, 3.63) is 65.2 Å². The third kappa shape index (κ3) is 5.17. The highest BCUT2D eigenvalue weighted by Gasteiger charge is 2.14. The maximum atomic E-state index is 12.2. The van der Waals surface area contributed by atoms with Crippen molar-refractivity contribution in [1.82, 2.24) is 10.3 Å². The lowest BCUT2D eigenvalue weighted by atomic mass is 10.0. The molecule has 1 heterocycles. The smallest absolute Gasteiger partial charge is 0.271 e. The molecule has 5 nitrogen and oxygen atoms in total. The van der Waals surface area contributed by atoms with Crippen molar-refractivity contribution in [2.24, 2.45) is 5.10 Å². The summed E-state index contributed by atoms with van der Waals surface area (Å²) in [5.74, 6) is 0.683. The number of rotatable bonds is 6. The molecular formula is C22H27N3O2. The number of hydrazone groups is 1. The van der Waals surface area contributed by atoms with Crippen molar-refractivity contribution in [1.29, 1.82) is 0 Å². The number of methoxy groups -OCH3 is 1. The maximum absolute atomic E-state index is 12.2. The van der Waals surface area contributed by atoms with Crippen LogP contribution in [-0.2, 0) is 6.54 Å². The Labute approximate surface area is 161 Å². The molecule has 0 saturated carbocycles. The minimum absolute atomic E-state index is 0.211. The Hall–Kier alpha value is -2.66. The summed E-state index contributed by atoms with van der Waals surface area (Å²) in [7, 11) is 1.70. The first-order valence-electron chi connectivity index (χ1n) is 9.46. The molecule has 3 rings (SSSR count). The molecule has 1 aliphatic heterocycles. The molecule has 1 saturated heterocycles. The summed E-state index contributed by atoms with van der Waals surface area (Å²) in [4.78, 5) is 14.6. The van der Waals surface area contributed by atoms with Crippen LogP contribution in [0.3, 0.4) is 0 Å². The Kier molecular flexibility index (Phi) is 6.60. The summed E-state index contributed by atoms with van der Waals surface area (Å²) in [5, 5.41) is 4.28. The second-order valence-corrected chi connectivity index (χ2v) is 6.87. The molecule has 1 N–H and O–H groups in total. The van der Waals surface area contributed by atoms with Crippen LogP contribution in [0.4, 0.5) is 0 Å². The van der Waals surface area contributed by atoms with Crippen molar-refractivity contribution >= 4 is 11.6 Å². The summed E-state index contributed by atoms with van der Waals surface area (Å²) >= 11 is 0. The van der Waals surface area contributed by atoms with E-state index in [4.69, 9.17) is 4.74 Å². The number of carbonyl (C=O) groups excluding carboxylic acids is 1. The second-order valence-electron chi connectivity index (χ2n) is 6.87. The molecule has 0 bridgehead atoms. The number of benzene rings is 2. The highest BCUT2D eigenvalue weighted by molar-refractivity contribution is 6.01. The van der Waals surface area contributed by atoms with Crippen molar-refractivity contribution in [3.8, 4) is 5.75 Å². The highest BCUT2D eigenvalue weighted by atomic mass is 16.5. The number of carbonyl (C=O) groups is 1. The lowest BCUT2D eigenvalue weighted by Crippen LogP contribution is -2.29. The Morgan fingerprint density at radius 3 is 2.52 bits per heavy atom. The van der Waals surface area contributed by atoms with Crippen molar-refractivity contribution in [3.63, 3.8) is 0 Å². The van der Waals surface area contributed by atoms with Crippen LogP contribution < -0.4 is 10.2 Å². The van der Waals surface area contributed by atoms with Gasteiger partial charge in [-0.25, -0.2) is 5.43 Å². The van der Waals surface area contributed by atoms with E-state index in [2.05, 4.69) is 21.5 Å². The van der Waals surface area contributed by atoms with Gasteiger partial charge in [0.15, 0.2) is 0 Å². The van der Waals surface area contributed by atoms with E-state index in [1.807, 2.05) is 37.3 Å². The fraction of sp³-hybridized carbons (Fsp3) is 0.364. The molecule has 0 unspecified atom stereocenters. The third-order valence-electron chi connectivity index (χ3n) is 4.90. The number of hydrogen-bond acceptors (Lipinski definition) is 4. The number of likely N-dealkylation sites (tertiary alicyclic amines) is 1. The number of nitrogens with one attached hydrogen (secondary N) is 1. The topological polar surface area (TPSA) is 53.9 Å². The predicted molar refractivity (Wildman–Crippen MR) is 108 cm³/mol. The van der Waals surface area contributed by atoms with Crippen molar-refractivity contribution in [2.75, 3.05) is 20.2 Å². The molecule has 1 amide bonds. The number of nitrogens with zero attached hydrogens (tertiary/aromatic N) is 2. The molecule has 1 fully saturated rings. The van der Waals surface area contributed by atoms with Gasteiger partial charge in [-0.1, -0.05) is 24.6 Å². The van der Waals surface area contributed by atoms with Crippen molar-refractivity contribution in [2.45, 2.75) is 32.7 Å². The van der Waals surface area contributed by atoms with Crippen LogP contribution in [-0.4, -0.2) is 36.7 Å². The molecule has 2 aromatic rings. The van der Waals surface area contributed by atoms with Crippen LogP contribution in [0.1, 0.15) is 47.7 Å². The molecule has 142 valence electrons. The maximum Gasteiger partial charge on any atom is 0.271 e. The van der Waals surface area contributed by atoms with Crippen LogP contribution in [0.2, 0.25) is 0 Å². The normalized spacial score (nSPS) is 15.4. The Morgan fingerprint density at radius 2 is 1.81 bits per heavy atom. The van der Waals surface area contributed by atoms with Gasteiger partial charge in [0, 0.05) is 17.7 Å². The van der Waals surface area contributed by atoms with E-state index in [1.165, 1.54) is 19.3 Å². The fourth-order valence-corrected chi connectivity index (χ4v) is 3.34. The number of amides is 1. The van der Waals surface area contributed by atoms with Gasteiger partial charge in [0.25, 0.3) is 5.91 Å². The predicted octanol–water partition coefficient (Wildman–Crippen LogP) is 3.84. The van der Waals surface area contributed by atoms with E-state index in [-0.39, 0.29) is 5.91 Å². The van der Waals surface area contributed by atoms with Gasteiger partial charge in [0.1, 0.15) is 5.75 Å². The number of hydrogen-bond donors (Lipinski definition) is 1. The van der Waals surface area contributed by atoms with Gasteiger partial charge in [-0.2, -0.15) is 5.10 Å². The molecule has 0 radical (unpaired) electrons. The monoisotopic (exact) mass is 365 g/mol. The first-order chi connectivity index (χ1) is 13.2. The van der Waals surface area contributed by atoms with E-state index in [9.17, 15) is 4.79 Å². The minimum Gasteiger partial charge on any atom is -0.496 e. The minimum atomic E-state index is -0.211. The molecule has 0 aromatic heterocycles. The van der Waals surface area contributed by atoms with Crippen LogP contribution in [0.5, 0.6) is 5.75 Å². The SMILES string of the molecule is COc1ccc(/C(C)=N\NC(=O)c2ccccc2)cc1CN1CCCCC1. The van der Waals surface area contributed by atoms with Gasteiger partial charge in [-0.3, -0.25) is 9.69 Å². The molecule has 1 aliphatic rings. The fourth-order valence-electron chi connectivity index (χ4n) is 3.34. The Bertz CT molecular complexity index is 796. The molecule has 5 heteroatoms.